The van der Waals surface area contributed by atoms with E-state index < -0.39 is 0 Å². The van der Waals surface area contributed by atoms with Crippen LogP contribution in [0, 0.1) is 23.6 Å². The molecule has 7 nitrogen and oxygen atoms in total. The van der Waals surface area contributed by atoms with Crippen molar-refractivity contribution in [2.24, 2.45) is 0 Å². The van der Waals surface area contributed by atoms with E-state index in [0.29, 0.717) is 12.7 Å². The van der Waals surface area contributed by atoms with Crippen molar-refractivity contribution in [3.8, 4) is 5.75 Å². The monoisotopic (exact) mass is 644 g/mol. The van der Waals surface area contributed by atoms with Crippen LogP contribution in [0.3, 0.4) is 0 Å². The average molecular weight is 644 g/mol. The molecule has 1 heterocycles. The second-order valence-electron chi connectivity index (χ2n) is 6.73. The maximum atomic E-state index is 10.7. The van der Waals surface area contributed by atoms with Crippen LogP contribution in [0.4, 0.5) is 11.4 Å². The Bertz CT molecular complexity index is 839. The number of nitrogens with zero attached hydrogens (tertiary/aromatic N) is 3. The van der Waals surface area contributed by atoms with Crippen LogP contribution in [0.2, 0.25) is 0 Å². The van der Waals surface area contributed by atoms with E-state index in [9.17, 15) is 10.1 Å². The first-order valence-corrected chi connectivity index (χ1v) is 15.8. The van der Waals surface area contributed by atoms with Gasteiger partial charge in [-0.05, 0) is 61.8 Å². The molecule has 0 radical (unpaired) electrons. The third-order valence-corrected chi connectivity index (χ3v) is 6.87. The fraction of sp³-hybridized carbons (Fsp3) is 0.440. The number of aryl methyl sites for hydroxylation is 1. The van der Waals surface area contributed by atoms with Crippen LogP contribution < -0.4 is 10.1 Å². The average Bonchev–Trinajstić information content (AvgIpc) is 3.31. The van der Waals surface area contributed by atoms with E-state index in [1.165, 1.54) is 19.2 Å². The zero-order valence-electron chi connectivity index (χ0n) is 22.1. The molecule has 0 spiro atoms. The van der Waals surface area contributed by atoms with Gasteiger partial charge in [0.25, 0.3) is 5.69 Å². The summed E-state index contributed by atoms with van der Waals surface area (Å²) in [5, 5.41) is 14.0. The molecule has 0 aliphatic carbocycles. The summed E-state index contributed by atoms with van der Waals surface area (Å²) in [6.45, 7) is 18.1. The minimum absolute atomic E-state index is 0.121. The van der Waals surface area contributed by atoms with Crippen LogP contribution in [0.5, 0.6) is 5.75 Å². The molecule has 204 valence electrons. The molecular formula is C25H39ClN4O3RuS2. The first-order chi connectivity index (χ1) is 17.4. The van der Waals surface area contributed by atoms with Crippen molar-refractivity contribution in [1.82, 2.24) is 8.61 Å². The third kappa shape index (κ3) is 13.3. The molecule has 0 atom stereocenters. The molecule has 1 aliphatic rings. The van der Waals surface area contributed by atoms with Crippen molar-refractivity contribution in [2.45, 2.75) is 40.4 Å². The zero-order chi connectivity index (χ0) is 28.1. The van der Waals surface area contributed by atoms with Crippen LogP contribution >= 0.6 is 33.6 Å². The number of nitro benzene ring substituents is 1. The Hall–Kier alpha value is -1.29. The molecule has 0 saturated carbocycles. The van der Waals surface area contributed by atoms with Crippen LogP contribution in [0.1, 0.15) is 31.9 Å². The van der Waals surface area contributed by atoms with E-state index in [4.69, 9.17) is 4.74 Å². The van der Waals surface area contributed by atoms with E-state index in [0.717, 1.165) is 22.6 Å². The number of rotatable bonds is 7. The van der Waals surface area contributed by atoms with Gasteiger partial charge in [-0.15, -0.1) is 0 Å². The molecule has 3 rings (SSSR count). The van der Waals surface area contributed by atoms with Gasteiger partial charge in [0.15, 0.2) is 0 Å². The first kappa shape index (κ1) is 36.9. The molecule has 0 amide bonds. The normalized spacial score (nSPS) is 12.8. The number of halogens is 1. The molecule has 1 saturated heterocycles. The van der Waals surface area contributed by atoms with Gasteiger partial charge < -0.3 is 16.6 Å². The van der Waals surface area contributed by atoms with Crippen LogP contribution in [0.25, 0.3) is 0 Å². The predicted molar refractivity (Wildman–Crippen MR) is 155 cm³/mol. The zero-order valence-corrected chi connectivity index (χ0v) is 26.3. The molecule has 1 aliphatic heterocycles. The summed E-state index contributed by atoms with van der Waals surface area (Å²) in [5.74, 6) is 0.807. The van der Waals surface area contributed by atoms with Gasteiger partial charge >= 0.3 is 27.0 Å². The van der Waals surface area contributed by atoms with Gasteiger partial charge in [-0.2, -0.15) is 0 Å². The van der Waals surface area contributed by atoms with Crippen LogP contribution in [-0.4, -0.2) is 52.4 Å². The van der Waals surface area contributed by atoms with Crippen molar-refractivity contribution in [2.75, 3.05) is 38.0 Å². The predicted octanol–water partition coefficient (Wildman–Crippen LogP) is 7.35. The summed E-state index contributed by atoms with van der Waals surface area (Å²) in [5.41, 5.74) is 3.03. The molecule has 0 unspecified atom stereocenters. The van der Waals surface area contributed by atoms with Crippen molar-refractivity contribution < 1.29 is 27.0 Å². The first-order valence-electron chi connectivity index (χ1n) is 11.2. The topological polar surface area (TPSA) is 70.9 Å². The molecule has 1 fully saturated rings. The quantitative estimate of drug-likeness (QED) is 0.110. The summed E-state index contributed by atoms with van der Waals surface area (Å²) < 4.78 is 9.89. The second kappa shape index (κ2) is 22.9. The van der Waals surface area contributed by atoms with E-state index in [2.05, 4.69) is 56.2 Å². The summed E-state index contributed by atoms with van der Waals surface area (Å²) in [6.07, 6.45) is 4.88. The van der Waals surface area contributed by atoms with E-state index in [1.54, 1.807) is 19.2 Å². The third-order valence-electron chi connectivity index (χ3n) is 4.95. The minimum atomic E-state index is -0.381. The van der Waals surface area contributed by atoms with Crippen LogP contribution in [-0.2, 0) is 23.9 Å². The number of nitro groups is 1. The maximum absolute atomic E-state index is 10.7. The number of non-ortho nitro benzene ring substituents is 1. The number of anilines is 1. The van der Waals surface area contributed by atoms with Gasteiger partial charge in [0, 0.05) is 37.5 Å². The standard InChI is InChI=1S/C15H16N2O3.C6H14N2S2.C2H6.C2H3.ClH.Ru/c1-11-9-14(17(18)19)6-3-12(11)10-16-13-4-7-15(20-2)8-5-13;1-6-7(9-2)4-5-8(6)10-3;2*1-2;;/h3-9,16H,10H2,1-2H3;6H,4-5H2,1-3H3;1-2H3;1H,2H2;1H;/q;;;-1;;+2/p-1. The van der Waals surface area contributed by atoms with Crippen LogP contribution in [0.15, 0.2) is 49.0 Å². The second-order valence-corrected chi connectivity index (χ2v) is 8.40. The Kier molecular flexibility index (Phi) is 23.4. The summed E-state index contributed by atoms with van der Waals surface area (Å²) in [7, 11) is 6.20. The molecule has 0 bridgehead atoms. The Balaban J connectivity index is 0. The van der Waals surface area contributed by atoms with Gasteiger partial charge in [0.05, 0.1) is 18.2 Å². The molecule has 1 N–H and O–H groups in total. The number of benzene rings is 2. The van der Waals surface area contributed by atoms with Gasteiger partial charge in [-0.25, -0.2) is 8.61 Å². The SMILES string of the molecule is CC.COc1ccc(NCc2ccc([N+](=O)[O-])cc2C)cc1.CSN1CCN(SC)C1C.[CH-]=C.[Cl][Ru+]. The molecule has 11 heteroatoms. The number of methoxy groups -OCH3 is 1. The van der Waals surface area contributed by atoms with Crippen molar-refractivity contribution in [3.05, 3.63) is 76.9 Å². The summed E-state index contributed by atoms with van der Waals surface area (Å²) in [6, 6.07) is 12.5. The molecular weight excluding hydrogens is 605 g/mol. The Morgan fingerprint density at radius 1 is 1.14 bits per heavy atom. The number of nitrogens with one attached hydrogen (secondary N) is 1. The Morgan fingerprint density at radius 3 is 2.00 bits per heavy atom. The van der Waals surface area contributed by atoms with Gasteiger partial charge in [0.1, 0.15) is 5.75 Å². The van der Waals surface area contributed by atoms with E-state index >= 15 is 0 Å². The van der Waals surface area contributed by atoms with Crippen molar-refractivity contribution in [1.29, 1.82) is 0 Å². The van der Waals surface area contributed by atoms with Gasteiger partial charge in [-0.3, -0.25) is 16.7 Å². The van der Waals surface area contributed by atoms with Gasteiger partial charge in [0.2, 0.25) is 0 Å². The number of ether oxygens (including phenoxy) is 1. The van der Waals surface area contributed by atoms with E-state index in [-0.39, 0.29) is 10.6 Å². The van der Waals surface area contributed by atoms with Gasteiger partial charge in [-0.1, -0.05) is 43.8 Å². The molecule has 2 aromatic carbocycles. The van der Waals surface area contributed by atoms with Crippen molar-refractivity contribution >= 4 is 45.0 Å². The fourth-order valence-electron chi connectivity index (χ4n) is 3.10. The molecule has 2 aromatic rings. The molecule has 0 aromatic heterocycles. The fourth-order valence-corrected chi connectivity index (χ4v) is 4.53. The number of hydrogen-bond acceptors (Lipinski definition) is 8. The molecule has 36 heavy (non-hydrogen) atoms. The Labute approximate surface area is 240 Å². The summed E-state index contributed by atoms with van der Waals surface area (Å²) >= 11 is 5.50. The Morgan fingerprint density at radius 2 is 1.64 bits per heavy atom. The van der Waals surface area contributed by atoms with E-state index in [1.807, 2.05) is 86.2 Å². The van der Waals surface area contributed by atoms with Crippen molar-refractivity contribution in [3.63, 3.8) is 0 Å². The number of hydrogen-bond donors (Lipinski definition) is 1. The summed E-state index contributed by atoms with van der Waals surface area (Å²) in [4.78, 5) is 10.3.